The molecule has 2 aromatic carbocycles. The fourth-order valence-electron chi connectivity index (χ4n) is 3.12. The van der Waals surface area contributed by atoms with Crippen molar-refractivity contribution in [1.29, 1.82) is 0 Å². The summed E-state index contributed by atoms with van der Waals surface area (Å²) in [6, 6.07) is 15.9. The zero-order valence-corrected chi connectivity index (χ0v) is 16.6. The first-order chi connectivity index (χ1) is 13.0. The minimum atomic E-state index is -0.875. The van der Waals surface area contributed by atoms with E-state index >= 15 is 0 Å². The Labute approximate surface area is 164 Å². The highest BCUT2D eigenvalue weighted by atomic mass is 32.2. The number of nitrogens with zero attached hydrogens (tertiary/aromatic N) is 1. The zero-order valence-electron chi connectivity index (χ0n) is 15.8. The molecule has 27 heavy (non-hydrogen) atoms. The van der Waals surface area contributed by atoms with E-state index in [-0.39, 0.29) is 11.2 Å². The van der Waals surface area contributed by atoms with Crippen LogP contribution < -0.4 is 10.2 Å². The Hall–Kier alpha value is -2.31. The van der Waals surface area contributed by atoms with Crippen molar-refractivity contribution in [3.8, 4) is 0 Å². The van der Waals surface area contributed by atoms with Crippen LogP contribution >= 0.6 is 11.8 Å². The number of aryl methyl sites for hydroxylation is 1. The summed E-state index contributed by atoms with van der Waals surface area (Å²) in [4.78, 5) is 27.9. The molecule has 0 bridgehead atoms. The first kappa shape index (κ1) is 19.5. The van der Waals surface area contributed by atoms with Gasteiger partial charge in [-0.3, -0.25) is 9.59 Å². The fourth-order valence-corrected chi connectivity index (χ4v) is 4.44. The summed E-state index contributed by atoms with van der Waals surface area (Å²) in [5.74, 6) is -0.644. The van der Waals surface area contributed by atoms with Gasteiger partial charge < -0.3 is 15.0 Å². The van der Waals surface area contributed by atoms with Crippen LogP contribution in [0.25, 0.3) is 0 Å². The Morgan fingerprint density at radius 2 is 1.89 bits per heavy atom. The Bertz CT molecular complexity index is 822. The van der Waals surface area contributed by atoms with Gasteiger partial charge >= 0.3 is 5.97 Å². The molecule has 1 N–H and O–H groups in total. The molecule has 1 aliphatic rings. The van der Waals surface area contributed by atoms with E-state index in [2.05, 4.69) is 5.32 Å². The minimum absolute atomic E-state index is 0.191. The van der Waals surface area contributed by atoms with Crippen LogP contribution in [0.1, 0.15) is 23.3 Å². The molecule has 1 heterocycles. The number of nitrogens with one attached hydrogen (secondary N) is 1. The number of ether oxygens (including phenoxy) is 1. The third kappa shape index (κ3) is 4.34. The van der Waals surface area contributed by atoms with E-state index in [1.807, 2.05) is 62.5 Å². The van der Waals surface area contributed by atoms with Gasteiger partial charge in [-0.2, -0.15) is 0 Å². The van der Waals surface area contributed by atoms with Crippen LogP contribution in [-0.2, 0) is 14.3 Å². The lowest BCUT2D eigenvalue weighted by Gasteiger charge is -2.27. The van der Waals surface area contributed by atoms with Gasteiger partial charge in [0.2, 0.25) is 0 Å². The van der Waals surface area contributed by atoms with Gasteiger partial charge in [-0.15, -0.1) is 11.8 Å². The van der Waals surface area contributed by atoms with Gasteiger partial charge in [0.25, 0.3) is 5.91 Å². The lowest BCUT2D eigenvalue weighted by atomic mass is 10.0. The fraction of sp³-hybridized carbons (Fsp3) is 0.333. The third-order valence-electron chi connectivity index (χ3n) is 4.48. The number of carbonyl (C=O) groups is 2. The molecule has 0 aromatic heterocycles. The van der Waals surface area contributed by atoms with E-state index in [1.54, 1.807) is 16.7 Å². The summed E-state index contributed by atoms with van der Waals surface area (Å²) in [6.45, 7) is 4.52. The predicted octanol–water partition coefficient (Wildman–Crippen LogP) is 3.33. The number of hydrogen-bond acceptors (Lipinski definition) is 5. The lowest BCUT2D eigenvalue weighted by molar-refractivity contribution is -0.152. The molecule has 0 aliphatic carbocycles. The number of esters is 1. The summed E-state index contributed by atoms with van der Waals surface area (Å²) < 4.78 is 5.55. The van der Waals surface area contributed by atoms with Crippen LogP contribution in [0.4, 0.5) is 5.69 Å². The van der Waals surface area contributed by atoms with Crippen LogP contribution in [0, 0.1) is 6.92 Å². The van der Waals surface area contributed by atoms with Crippen molar-refractivity contribution < 1.29 is 14.3 Å². The number of carbonyl (C=O) groups excluding carboxylic acids is 2. The number of likely N-dealkylation sites (N-methyl/N-ethyl adjacent to an activating group) is 1. The quantitative estimate of drug-likeness (QED) is 0.802. The maximum atomic E-state index is 13.4. The SMILES string of the molecule is CNCCN1C(=O)[C@H](OC(C)=O)[C@H](c2ccc(C)cc2)Sc2ccccc21. The Balaban J connectivity index is 2.08. The molecule has 0 saturated carbocycles. The second-order valence-corrected chi connectivity index (χ2v) is 7.72. The minimum Gasteiger partial charge on any atom is -0.451 e. The molecule has 0 radical (unpaired) electrons. The van der Waals surface area contributed by atoms with Gasteiger partial charge in [0.1, 0.15) is 0 Å². The molecule has 0 fully saturated rings. The molecule has 2 atom stereocenters. The van der Waals surface area contributed by atoms with Gasteiger partial charge in [0.05, 0.1) is 10.9 Å². The number of para-hydroxylation sites is 1. The molecule has 6 heteroatoms. The second kappa shape index (κ2) is 8.59. The van der Waals surface area contributed by atoms with Crippen molar-refractivity contribution in [3.63, 3.8) is 0 Å². The molecule has 0 spiro atoms. The van der Waals surface area contributed by atoms with Crippen molar-refractivity contribution in [3.05, 3.63) is 59.7 Å². The van der Waals surface area contributed by atoms with Crippen LogP contribution in [-0.4, -0.2) is 38.1 Å². The number of anilines is 1. The van der Waals surface area contributed by atoms with Gasteiger partial charge in [0, 0.05) is 24.9 Å². The summed E-state index contributed by atoms with van der Waals surface area (Å²) in [6.07, 6.45) is -0.875. The average Bonchev–Trinajstić information content (AvgIpc) is 2.76. The van der Waals surface area contributed by atoms with Gasteiger partial charge in [-0.25, -0.2) is 0 Å². The molecular formula is C21H24N2O3S. The van der Waals surface area contributed by atoms with Crippen LogP contribution in [0.15, 0.2) is 53.4 Å². The number of rotatable bonds is 5. The largest absolute Gasteiger partial charge is 0.451 e. The molecule has 142 valence electrons. The number of fused-ring (bicyclic) bond motifs is 1. The van der Waals surface area contributed by atoms with Gasteiger partial charge in [0.15, 0.2) is 6.10 Å². The van der Waals surface area contributed by atoms with E-state index in [1.165, 1.54) is 6.92 Å². The maximum absolute atomic E-state index is 13.4. The summed E-state index contributed by atoms with van der Waals surface area (Å²) >= 11 is 1.57. The maximum Gasteiger partial charge on any atom is 0.303 e. The Morgan fingerprint density at radius 1 is 1.19 bits per heavy atom. The molecule has 5 nitrogen and oxygen atoms in total. The van der Waals surface area contributed by atoms with Gasteiger partial charge in [-0.05, 0) is 31.7 Å². The molecule has 3 rings (SSSR count). The molecule has 1 amide bonds. The zero-order chi connectivity index (χ0) is 19.4. The van der Waals surface area contributed by atoms with Gasteiger partial charge in [-0.1, -0.05) is 42.0 Å². The molecule has 0 unspecified atom stereocenters. The van der Waals surface area contributed by atoms with Crippen molar-refractivity contribution in [2.45, 2.75) is 30.1 Å². The van der Waals surface area contributed by atoms with E-state index in [4.69, 9.17) is 4.74 Å². The van der Waals surface area contributed by atoms with E-state index in [0.29, 0.717) is 13.1 Å². The molecule has 1 aliphatic heterocycles. The first-order valence-corrected chi connectivity index (χ1v) is 9.84. The van der Waals surface area contributed by atoms with Crippen LogP contribution in [0.3, 0.4) is 0 Å². The highest BCUT2D eigenvalue weighted by Gasteiger charge is 2.40. The second-order valence-electron chi connectivity index (χ2n) is 6.54. The van der Waals surface area contributed by atoms with E-state index < -0.39 is 12.1 Å². The monoisotopic (exact) mass is 384 g/mol. The number of hydrogen-bond donors (Lipinski definition) is 1. The first-order valence-electron chi connectivity index (χ1n) is 8.96. The average molecular weight is 385 g/mol. The number of amides is 1. The summed E-state index contributed by atoms with van der Waals surface area (Å²) in [5.41, 5.74) is 2.97. The smallest absolute Gasteiger partial charge is 0.303 e. The summed E-state index contributed by atoms with van der Waals surface area (Å²) in [7, 11) is 1.85. The van der Waals surface area contributed by atoms with E-state index in [0.717, 1.165) is 21.7 Å². The molecule has 0 saturated heterocycles. The predicted molar refractivity (Wildman–Crippen MR) is 108 cm³/mol. The van der Waals surface area contributed by atoms with Crippen molar-refractivity contribution in [2.75, 3.05) is 25.0 Å². The number of thioether (sulfide) groups is 1. The molecular weight excluding hydrogens is 360 g/mol. The normalized spacial score (nSPS) is 19.4. The van der Waals surface area contributed by atoms with Crippen molar-refractivity contribution in [1.82, 2.24) is 5.32 Å². The standard InChI is InChI=1S/C21H24N2O3S/c1-14-8-10-16(11-9-14)20-19(26-15(2)24)21(25)23(13-12-22-3)17-6-4-5-7-18(17)27-20/h4-11,19-20,22H,12-13H2,1-3H3/t19-,20+/m1/s1. The topological polar surface area (TPSA) is 58.6 Å². The molecule has 2 aromatic rings. The highest BCUT2D eigenvalue weighted by molar-refractivity contribution is 7.99. The summed E-state index contributed by atoms with van der Waals surface area (Å²) in [5, 5.41) is 2.78. The van der Waals surface area contributed by atoms with E-state index in [9.17, 15) is 9.59 Å². The van der Waals surface area contributed by atoms with Crippen LogP contribution in [0.5, 0.6) is 0 Å². The lowest BCUT2D eigenvalue weighted by Crippen LogP contribution is -2.45. The van der Waals surface area contributed by atoms with Crippen LogP contribution in [0.2, 0.25) is 0 Å². The van der Waals surface area contributed by atoms with Crippen molar-refractivity contribution in [2.24, 2.45) is 0 Å². The highest BCUT2D eigenvalue weighted by Crippen LogP contribution is 2.46. The Kier molecular flexibility index (Phi) is 6.19. The third-order valence-corrected chi connectivity index (χ3v) is 5.85. The van der Waals surface area contributed by atoms with Crippen molar-refractivity contribution >= 4 is 29.3 Å². The number of benzene rings is 2. The Morgan fingerprint density at radius 3 is 2.56 bits per heavy atom.